The van der Waals surface area contributed by atoms with E-state index in [1.807, 2.05) is 25.1 Å². The first-order chi connectivity index (χ1) is 15.8. The summed E-state index contributed by atoms with van der Waals surface area (Å²) in [5, 5.41) is 2.85. The van der Waals surface area contributed by atoms with Crippen LogP contribution in [0.2, 0.25) is 0 Å². The third kappa shape index (κ3) is 6.10. The van der Waals surface area contributed by atoms with Gasteiger partial charge in [0.15, 0.2) is 6.61 Å². The summed E-state index contributed by atoms with van der Waals surface area (Å²) in [6.45, 7) is 2.17. The van der Waals surface area contributed by atoms with Gasteiger partial charge < -0.3 is 10.1 Å². The molecule has 0 aliphatic heterocycles. The average Bonchev–Trinajstić information content (AvgIpc) is 3.05. The SMILES string of the molecule is CCCNS(=O)(=O)NC1C2CCC1Cc1cc(NC(=O)COc3ccc(F)cc3)ccc1C2. The van der Waals surface area contributed by atoms with E-state index in [4.69, 9.17) is 4.74 Å². The molecule has 2 aromatic rings. The maximum absolute atomic E-state index is 13.0. The van der Waals surface area contributed by atoms with Crippen molar-refractivity contribution >= 4 is 21.8 Å². The van der Waals surface area contributed by atoms with Crippen molar-refractivity contribution in [3.8, 4) is 5.75 Å². The molecule has 0 radical (unpaired) electrons. The summed E-state index contributed by atoms with van der Waals surface area (Å²) >= 11 is 0. The summed E-state index contributed by atoms with van der Waals surface area (Å²) in [6.07, 6.45) is 4.31. The second kappa shape index (κ2) is 10.2. The Morgan fingerprint density at radius 2 is 1.76 bits per heavy atom. The summed E-state index contributed by atoms with van der Waals surface area (Å²) in [7, 11) is -3.52. The van der Waals surface area contributed by atoms with Crippen LogP contribution in [0.3, 0.4) is 0 Å². The van der Waals surface area contributed by atoms with Crippen molar-refractivity contribution in [3.63, 3.8) is 0 Å². The molecule has 3 atom stereocenters. The quantitative estimate of drug-likeness (QED) is 0.519. The van der Waals surface area contributed by atoms with E-state index < -0.39 is 10.2 Å². The van der Waals surface area contributed by atoms with E-state index in [9.17, 15) is 17.6 Å². The van der Waals surface area contributed by atoms with Crippen molar-refractivity contribution in [2.24, 2.45) is 11.8 Å². The van der Waals surface area contributed by atoms with Crippen LogP contribution < -0.4 is 19.5 Å². The van der Waals surface area contributed by atoms with Crippen molar-refractivity contribution in [2.45, 2.75) is 45.1 Å². The third-order valence-corrected chi connectivity index (χ3v) is 7.56. The number of ether oxygens (including phenoxy) is 1. The first kappa shape index (κ1) is 23.7. The van der Waals surface area contributed by atoms with Gasteiger partial charge in [-0.15, -0.1) is 0 Å². The van der Waals surface area contributed by atoms with Crippen LogP contribution >= 0.6 is 0 Å². The van der Waals surface area contributed by atoms with E-state index in [0.29, 0.717) is 18.0 Å². The average molecular weight is 476 g/mol. The van der Waals surface area contributed by atoms with Crippen molar-refractivity contribution in [1.29, 1.82) is 0 Å². The molecule has 3 unspecified atom stereocenters. The van der Waals surface area contributed by atoms with E-state index >= 15 is 0 Å². The van der Waals surface area contributed by atoms with Crippen LogP contribution in [0.25, 0.3) is 0 Å². The zero-order valence-corrected chi connectivity index (χ0v) is 19.5. The summed E-state index contributed by atoms with van der Waals surface area (Å²) < 4.78 is 48.7. The second-order valence-electron chi connectivity index (χ2n) is 8.82. The molecule has 2 aromatic carbocycles. The summed E-state index contributed by atoms with van der Waals surface area (Å²) in [5.41, 5.74) is 3.03. The number of carbonyl (C=O) groups is 1. The van der Waals surface area contributed by atoms with Crippen LogP contribution in [0.4, 0.5) is 10.1 Å². The third-order valence-electron chi connectivity index (χ3n) is 6.40. The number of halogens is 1. The fourth-order valence-corrected chi connectivity index (χ4v) is 6.11. The van der Waals surface area contributed by atoms with Gasteiger partial charge in [-0.3, -0.25) is 4.79 Å². The minimum Gasteiger partial charge on any atom is -0.484 e. The molecular weight excluding hydrogens is 445 g/mol. The van der Waals surface area contributed by atoms with Crippen molar-refractivity contribution in [2.75, 3.05) is 18.5 Å². The van der Waals surface area contributed by atoms with Gasteiger partial charge in [-0.1, -0.05) is 13.0 Å². The van der Waals surface area contributed by atoms with Crippen molar-refractivity contribution in [1.82, 2.24) is 9.44 Å². The number of rotatable bonds is 9. The van der Waals surface area contributed by atoms with Crippen LogP contribution in [0.1, 0.15) is 37.3 Å². The van der Waals surface area contributed by atoms with Gasteiger partial charge in [-0.2, -0.15) is 13.1 Å². The molecule has 7 nitrogen and oxygen atoms in total. The lowest BCUT2D eigenvalue weighted by molar-refractivity contribution is -0.118. The molecule has 0 aromatic heterocycles. The van der Waals surface area contributed by atoms with Gasteiger partial charge in [0.25, 0.3) is 16.1 Å². The van der Waals surface area contributed by atoms with Gasteiger partial charge in [-0.05, 0) is 91.5 Å². The van der Waals surface area contributed by atoms with Gasteiger partial charge in [0.05, 0.1) is 0 Å². The molecular formula is C24H30FN3O4S. The monoisotopic (exact) mass is 475 g/mol. The van der Waals surface area contributed by atoms with Crippen LogP contribution in [0.15, 0.2) is 42.5 Å². The molecule has 1 fully saturated rings. The number of amides is 1. The predicted molar refractivity (Wildman–Crippen MR) is 125 cm³/mol. The molecule has 2 aliphatic rings. The zero-order chi connectivity index (χ0) is 23.4. The van der Waals surface area contributed by atoms with E-state index in [-0.39, 0.29) is 36.2 Å². The maximum Gasteiger partial charge on any atom is 0.277 e. The highest BCUT2D eigenvalue weighted by atomic mass is 32.2. The van der Waals surface area contributed by atoms with E-state index in [0.717, 1.165) is 37.7 Å². The molecule has 178 valence electrons. The molecule has 2 bridgehead atoms. The van der Waals surface area contributed by atoms with Gasteiger partial charge in [0, 0.05) is 18.3 Å². The lowest BCUT2D eigenvalue weighted by Gasteiger charge is -2.23. The van der Waals surface area contributed by atoms with Crippen molar-refractivity contribution < 1.29 is 22.3 Å². The topological polar surface area (TPSA) is 96.5 Å². The van der Waals surface area contributed by atoms with Crippen molar-refractivity contribution in [3.05, 3.63) is 59.4 Å². The van der Waals surface area contributed by atoms with E-state index in [1.54, 1.807) is 0 Å². The Labute approximate surface area is 194 Å². The Bertz CT molecular complexity index is 1090. The largest absolute Gasteiger partial charge is 0.484 e. The van der Waals surface area contributed by atoms with E-state index in [1.165, 1.54) is 29.8 Å². The summed E-state index contributed by atoms with van der Waals surface area (Å²) in [4.78, 5) is 12.3. The van der Waals surface area contributed by atoms with E-state index in [2.05, 4.69) is 14.8 Å². The van der Waals surface area contributed by atoms with Gasteiger partial charge >= 0.3 is 0 Å². The highest BCUT2D eigenvalue weighted by Crippen LogP contribution is 2.41. The fraction of sp³-hybridized carbons (Fsp3) is 0.458. The Balaban J connectivity index is 1.38. The van der Waals surface area contributed by atoms with Gasteiger partial charge in [0.1, 0.15) is 11.6 Å². The maximum atomic E-state index is 13.0. The standard InChI is InChI=1S/C24H30FN3O4S/c1-2-11-26-33(30,31)28-24-17-3-4-18(24)13-19-14-21(8-5-16(19)12-17)27-23(29)15-32-22-9-6-20(25)7-10-22/h5-10,14,17-18,24,26,28H,2-4,11-13,15H2,1H3,(H,27,29). The van der Waals surface area contributed by atoms with Gasteiger partial charge in [0.2, 0.25) is 0 Å². The number of carbonyl (C=O) groups excluding carboxylic acids is 1. The Morgan fingerprint density at radius 3 is 2.45 bits per heavy atom. The molecule has 1 saturated carbocycles. The normalized spacial score (nSPS) is 21.8. The second-order valence-corrected chi connectivity index (χ2v) is 10.4. The van der Waals surface area contributed by atoms with Gasteiger partial charge in [-0.25, -0.2) is 9.11 Å². The molecule has 9 heteroatoms. The smallest absolute Gasteiger partial charge is 0.277 e. The molecule has 3 N–H and O–H groups in total. The molecule has 33 heavy (non-hydrogen) atoms. The lowest BCUT2D eigenvalue weighted by Crippen LogP contribution is -2.47. The molecule has 0 spiro atoms. The minimum atomic E-state index is -3.52. The molecule has 4 rings (SSSR count). The molecule has 0 saturated heterocycles. The first-order valence-corrected chi connectivity index (χ1v) is 12.9. The number of hydrogen-bond donors (Lipinski definition) is 3. The summed E-state index contributed by atoms with van der Waals surface area (Å²) in [5.74, 6) is 0.243. The number of anilines is 1. The predicted octanol–water partition coefficient (Wildman–Crippen LogP) is 3.17. The minimum absolute atomic E-state index is 0.0890. The van der Waals surface area contributed by atoms with Crippen LogP contribution in [-0.4, -0.2) is 33.5 Å². The molecule has 1 amide bonds. The number of fused-ring (bicyclic) bond motifs is 3. The zero-order valence-electron chi connectivity index (χ0n) is 18.6. The van der Waals surface area contributed by atoms with Crippen LogP contribution in [0.5, 0.6) is 5.75 Å². The highest BCUT2D eigenvalue weighted by Gasteiger charge is 2.40. The Kier molecular flexibility index (Phi) is 7.31. The Hall–Kier alpha value is -2.49. The summed E-state index contributed by atoms with van der Waals surface area (Å²) in [6, 6.07) is 11.3. The number of nitrogens with one attached hydrogen (secondary N) is 3. The Morgan fingerprint density at radius 1 is 1.06 bits per heavy atom. The number of hydrogen-bond acceptors (Lipinski definition) is 4. The fourth-order valence-electron chi connectivity index (χ4n) is 4.81. The lowest BCUT2D eigenvalue weighted by atomic mass is 9.93. The molecule has 0 heterocycles. The van der Waals surface area contributed by atoms with Crippen LogP contribution in [-0.2, 0) is 27.8 Å². The molecule has 2 aliphatic carbocycles. The van der Waals surface area contributed by atoms with Crippen LogP contribution in [0, 0.1) is 17.7 Å². The number of benzene rings is 2. The highest BCUT2D eigenvalue weighted by molar-refractivity contribution is 7.87. The first-order valence-electron chi connectivity index (χ1n) is 11.4.